The molecule has 88 valence electrons. The van der Waals surface area contributed by atoms with Crippen LogP contribution in [0.5, 0.6) is 0 Å². The SMILES string of the molecule is Cc1cc(NC(=O)Cn2ncccc2=O)no1. The van der Waals surface area contributed by atoms with E-state index in [0.717, 1.165) is 4.68 Å². The fraction of sp³-hybridized carbons (Fsp3) is 0.200. The molecule has 1 N–H and O–H groups in total. The van der Waals surface area contributed by atoms with Gasteiger partial charge in [-0.3, -0.25) is 9.59 Å². The van der Waals surface area contributed by atoms with Gasteiger partial charge in [0.15, 0.2) is 5.82 Å². The lowest BCUT2D eigenvalue weighted by atomic mass is 10.4. The van der Waals surface area contributed by atoms with E-state index in [1.165, 1.54) is 18.3 Å². The minimum atomic E-state index is -0.390. The van der Waals surface area contributed by atoms with Gasteiger partial charge in [0.1, 0.15) is 12.3 Å². The van der Waals surface area contributed by atoms with Crippen LogP contribution in [-0.4, -0.2) is 20.8 Å². The van der Waals surface area contributed by atoms with Crippen molar-refractivity contribution in [1.29, 1.82) is 0 Å². The molecular formula is C10H10N4O3. The Labute approximate surface area is 96.0 Å². The number of anilines is 1. The number of nitrogens with one attached hydrogen (secondary N) is 1. The third-order valence-electron chi connectivity index (χ3n) is 1.97. The van der Waals surface area contributed by atoms with Gasteiger partial charge in [0.2, 0.25) is 5.91 Å². The second-order valence-electron chi connectivity index (χ2n) is 3.39. The molecule has 0 spiro atoms. The molecule has 2 rings (SSSR count). The monoisotopic (exact) mass is 234 g/mol. The Kier molecular flexibility index (Phi) is 2.99. The van der Waals surface area contributed by atoms with Crippen molar-refractivity contribution >= 4 is 11.7 Å². The zero-order valence-electron chi connectivity index (χ0n) is 9.08. The van der Waals surface area contributed by atoms with Crippen molar-refractivity contribution in [2.75, 3.05) is 5.32 Å². The second-order valence-corrected chi connectivity index (χ2v) is 3.39. The van der Waals surface area contributed by atoms with E-state index < -0.39 is 0 Å². The summed E-state index contributed by atoms with van der Waals surface area (Å²) in [5.41, 5.74) is -0.334. The summed E-state index contributed by atoms with van der Waals surface area (Å²) in [5, 5.41) is 9.86. The van der Waals surface area contributed by atoms with Crippen molar-refractivity contribution in [3.8, 4) is 0 Å². The molecule has 0 aliphatic heterocycles. The van der Waals surface area contributed by atoms with Crippen molar-refractivity contribution < 1.29 is 9.32 Å². The van der Waals surface area contributed by atoms with Crippen LogP contribution in [0.2, 0.25) is 0 Å². The quantitative estimate of drug-likeness (QED) is 0.818. The third kappa shape index (κ3) is 2.77. The summed E-state index contributed by atoms with van der Waals surface area (Å²) in [6, 6.07) is 4.43. The van der Waals surface area contributed by atoms with Gasteiger partial charge in [-0.25, -0.2) is 4.68 Å². The van der Waals surface area contributed by atoms with Gasteiger partial charge in [-0.1, -0.05) is 5.16 Å². The molecule has 7 heteroatoms. The first-order valence-electron chi connectivity index (χ1n) is 4.90. The number of hydrogen-bond donors (Lipinski definition) is 1. The molecular weight excluding hydrogens is 224 g/mol. The molecule has 0 aliphatic carbocycles. The molecule has 0 unspecified atom stereocenters. The fourth-order valence-corrected chi connectivity index (χ4v) is 1.25. The first kappa shape index (κ1) is 11.1. The normalized spacial score (nSPS) is 10.2. The minimum absolute atomic E-state index is 0.161. The number of aromatic nitrogens is 3. The van der Waals surface area contributed by atoms with E-state index in [-0.39, 0.29) is 18.0 Å². The van der Waals surface area contributed by atoms with E-state index in [9.17, 15) is 9.59 Å². The molecule has 2 aromatic rings. The lowest BCUT2D eigenvalue weighted by molar-refractivity contribution is -0.117. The minimum Gasteiger partial charge on any atom is -0.360 e. The molecule has 0 saturated heterocycles. The van der Waals surface area contributed by atoms with Crippen LogP contribution in [0.15, 0.2) is 33.7 Å². The molecule has 17 heavy (non-hydrogen) atoms. The van der Waals surface area contributed by atoms with Crippen LogP contribution in [-0.2, 0) is 11.3 Å². The summed E-state index contributed by atoms with van der Waals surface area (Å²) in [6.45, 7) is 1.55. The largest absolute Gasteiger partial charge is 0.360 e. The fourth-order valence-electron chi connectivity index (χ4n) is 1.25. The van der Waals surface area contributed by atoms with Crippen LogP contribution in [0.3, 0.4) is 0 Å². The maximum absolute atomic E-state index is 11.6. The molecule has 0 aliphatic rings. The Hall–Kier alpha value is -2.44. The van der Waals surface area contributed by atoms with Gasteiger partial charge in [-0.15, -0.1) is 0 Å². The zero-order chi connectivity index (χ0) is 12.3. The number of amides is 1. The Morgan fingerprint density at radius 3 is 3.06 bits per heavy atom. The van der Waals surface area contributed by atoms with Crippen molar-refractivity contribution in [1.82, 2.24) is 14.9 Å². The number of carbonyl (C=O) groups excluding carboxylic acids is 1. The van der Waals surface area contributed by atoms with Crippen molar-refractivity contribution in [3.63, 3.8) is 0 Å². The second kappa shape index (κ2) is 4.60. The van der Waals surface area contributed by atoms with E-state index in [4.69, 9.17) is 4.52 Å². The van der Waals surface area contributed by atoms with E-state index in [2.05, 4.69) is 15.6 Å². The van der Waals surface area contributed by atoms with Gasteiger partial charge in [0.05, 0.1) is 0 Å². The molecule has 0 saturated carbocycles. The Balaban J connectivity index is 2.03. The van der Waals surface area contributed by atoms with Crippen LogP contribution < -0.4 is 10.9 Å². The molecule has 0 radical (unpaired) electrons. The van der Waals surface area contributed by atoms with Crippen LogP contribution in [0, 0.1) is 6.92 Å². The highest BCUT2D eigenvalue weighted by atomic mass is 16.5. The number of aryl methyl sites for hydroxylation is 1. The number of hydrogen-bond acceptors (Lipinski definition) is 5. The first-order chi connectivity index (χ1) is 8.15. The van der Waals surface area contributed by atoms with Crippen LogP contribution in [0.1, 0.15) is 5.76 Å². The molecule has 1 amide bonds. The number of rotatable bonds is 3. The summed E-state index contributed by atoms with van der Waals surface area (Å²) < 4.78 is 5.85. The number of nitrogens with zero attached hydrogens (tertiary/aromatic N) is 3. The summed E-state index contributed by atoms with van der Waals surface area (Å²) in [7, 11) is 0. The average molecular weight is 234 g/mol. The molecule has 7 nitrogen and oxygen atoms in total. The van der Waals surface area contributed by atoms with Crippen molar-refractivity contribution in [3.05, 3.63) is 40.5 Å². The van der Waals surface area contributed by atoms with Gasteiger partial charge in [0, 0.05) is 18.3 Å². The van der Waals surface area contributed by atoms with Gasteiger partial charge >= 0.3 is 0 Å². The van der Waals surface area contributed by atoms with Crippen LogP contribution in [0.25, 0.3) is 0 Å². The zero-order valence-corrected chi connectivity index (χ0v) is 9.08. The lowest BCUT2D eigenvalue weighted by Gasteiger charge is -2.02. The number of carbonyl (C=O) groups is 1. The van der Waals surface area contributed by atoms with E-state index >= 15 is 0 Å². The highest BCUT2D eigenvalue weighted by Crippen LogP contribution is 2.06. The van der Waals surface area contributed by atoms with Crippen LogP contribution >= 0.6 is 0 Å². The molecule has 0 fully saturated rings. The highest BCUT2D eigenvalue weighted by molar-refractivity contribution is 5.89. The van der Waals surface area contributed by atoms with E-state index in [1.54, 1.807) is 13.0 Å². The van der Waals surface area contributed by atoms with Gasteiger partial charge < -0.3 is 9.84 Å². The summed E-state index contributed by atoms with van der Waals surface area (Å²) in [6.07, 6.45) is 1.44. The Morgan fingerprint density at radius 2 is 2.41 bits per heavy atom. The molecule has 0 bridgehead atoms. The van der Waals surface area contributed by atoms with Crippen molar-refractivity contribution in [2.24, 2.45) is 0 Å². The first-order valence-corrected chi connectivity index (χ1v) is 4.90. The molecule has 2 aromatic heterocycles. The maximum Gasteiger partial charge on any atom is 0.267 e. The summed E-state index contributed by atoms with van der Waals surface area (Å²) >= 11 is 0. The average Bonchev–Trinajstić information content (AvgIpc) is 2.67. The topological polar surface area (TPSA) is 90.0 Å². The van der Waals surface area contributed by atoms with Gasteiger partial charge in [-0.2, -0.15) is 5.10 Å². The van der Waals surface area contributed by atoms with Gasteiger partial charge in [-0.05, 0) is 13.0 Å². The van der Waals surface area contributed by atoms with E-state index in [0.29, 0.717) is 11.6 Å². The molecule has 0 atom stereocenters. The molecule has 0 aromatic carbocycles. The standard InChI is InChI=1S/C10H10N4O3/c1-7-5-8(13-17-7)12-9(15)6-14-10(16)3-2-4-11-14/h2-5H,6H2,1H3,(H,12,13,15). The van der Waals surface area contributed by atoms with Crippen molar-refractivity contribution in [2.45, 2.75) is 13.5 Å². The summed E-state index contributed by atoms with van der Waals surface area (Å²) in [4.78, 5) is 22.8. The third-order valence-corrected chi connectivity index (χ3v) is 1.97. The maximum atomic E-state index is 11.6. The highest BCUT2D eigenvalue weighted by Gasteiger charge is 2.07. The molecule has 2 heterocycles. The lowest BCUT2D eigenvalue weighted by Crippen LogP contribution is -2.28. The van der Waals surface area contributed by atoms with Crippen LogP contribution in [0.4, 0.5) is 5.82 Å². The van der Waals surface area contributed by atoms with Gasteiger partial charge in [0.25, 0.3) is 5.56 Å². The van der Waals surface area contributed by atoms with E-state index in [1.807, 2.05) is 0 Å². The predicted molar refractivity (Wildman–Crippen MR) is 58.4 cm³/mol. The smallest absolute Gasteiger partial charge is 0.267 e. The summed E-state index contributed by atoms with van der Waals surface area (Å²) in [5.74, 6) is 0.519. The Bertz CT molecular complexity index is 587. The Morgan fingerprint density at radius 1 is 1.59 bits per heavy atom. The predicted octanol–water partition coefficient (Wildman–Crippen LogP) is 0.178.